The van der Waals surface area contributed by atoms with E-state index in [1.54, 1.807) is 0 Å². The Balaban J connectivity index is 2.09. The summed E-state index contributed by atoms with van der Waals surface area (Å²) in [5, 5.41) is 11.0. The van der Waals surface area contributed by atoms with Gasteiger partial charge in [0.15, 0.2) is 0 Å². The summed E-state index contributed by atoms with van der Waals surface area (Å²) in [5.41, 5.74) is 4.25. The molecular weight excluding hydrogens is 306 g/mol. The van der Waals surface area contributed by atoms with Gasteiger partial charge in [0.25, 0.3) is 0 Å². The topological polar surface area (TPSA) is 29.0 Å². The van der Waals surface area contributed by atoms with Gasteiger partial charge in [-0.25, -0.2) is 0 Å². The molecule has 1 atom stereocenters. The average molecular weight is 333 g/mol. The number of aromatic nitrogens is 1. The van der Waals surface area contributed by atoms with Crippen LogP contribution in [0.4, 0.5) is 0 Å². The molecule has 2 aromatic rings. The number of rotatable bonds is 5. The SMILES string of the molecule is C=C(CC)NCc1cccc2c(=C)n(C3CCC(=C)NC3=C)c(=C)c12. The minimum absolute atomic E-state index is 0.157. The Morgan fingerprint density at radius 1 is 1.24 bits per heavy atom. The van der Waals surface area contributed by atoms with Gasteiger partial charge in [-0.05, 0) is 24.8 Å². The summed E-state index contributed by atoms with van der Waals surface area (Å²) in [5.74, 6) is 0. The molecular formula is C22H27N3. The summed E-state index contributed by atoms with van der Waals surface area (Å²) in [6.07, 6.45) is 2.82. The first kappa shape index (κ1) is 17.2. The van der Waals surface area contributed by atoms with Crippen molar-refractivity contribution < 1.29 is 0 Å². The van der Waals surface area contributed by atoms with Crippen molar-refractivity contribution in [3.05, 3.63) is 71.3 Å². The van der Waals surface area contributed by atoms with Gasteiger partial charge in [0.2, 0.25) is 0 Å². The molecule has 1 aliphatic rings. The molecule has 0 spiro atoms. The largest absolute Gasteiger partial charge is 0.385 e. The molecule has 2 N–H and O–H groups in total. The molecule has 3 heteroatoms. The maximum atomic E-state index is 4.39. The third kappa shape index (κ3) is 3.02. The summed E-state index contributed by atoms with van der Waals surface area (Å²) >= 11 is 0. The van der Waals surface area contributed by atoms with E-state index in [1.807, 2.05) is 0 Å². The van der Waals surface area contributed by atoms with E-state index in [4.69, 9.17) is 0 Å². The summed E-state index contributed by atoms with van der Waals surface area (Å²) in [7, 11) is 0. The van der Waals surface area contributed by atoms with Crippen LogP contribution in [-0.4, -0.2) is 4.57 Å². The fourth-order valence-electron chi connectivity index (χ4n) is 3.61. The number of nitrogens with one attached hydrogen (secondary N) is 2. The minimum atomic E-state index is 0.157. The van der Waals surface area contributed by atoms with E-state index in [9.17, 15) is 0 Å². The zero-order valence-corrected chi connectivity index (χ0v) is 15.1. The molecule has 2 heterocycles. The molecule has 0 bridgehead atoms. The van der Waals surface area contributed by atoms with Crippen molar-refractivity contribution in [3.8, 4) is 0 Å². The van der Waals surface area contributed by atoms with Crippen molar-refractivity contribution in [1.82, 2.24) is 15.2 Å². The predicted molar refractivity (Wildman–Crippen MR) is 108 cm³/mol. The molecule has 1 aromatic carbocycles. The molecule has 0 amide bonds. The normalized spacial score (nSPS) is 17.6. The monoisotopic (exact) mass is 333 g/mol. The lowest BCUT2D eigenvalue weighted by Crippen LogP contribution is -2.36. The molecule has 25 heavy (non-hydrogen) atoms. The second-order valence-corrected chi connectivity index (χ2v) is 6.72. The van der Waals surface area contributed by atoms with Gasteiger partial charge in [0.05, 0.1) is 6.04 Å². The van der Waals surface area contributed by atoms with E-state index in [1.165, 1.54) is 10.9 Å². The van der Waals surface area contributed by atoms with Crippen molar-refractivity contribution in [1.29, 1.82) is 0 Å². The van der Waals surface area contributed by atoms with Crippen LogP contribution in [0.1, 0.15) is 37.8 Å². The van der Waals surface area contributed by atoms with Gasteiger partial charge in [-0.15, -0.1) is 0 Å². The number of hydrogen-bond acceptors (Lipinski definition) is 2. The quantitative estimate of drug-likeness (QED) is 0.878. The Morgan fingerprint density at radius 3 is 2.68 bits per heavy atom. The van der Waals surface area contributed by atoms with E-state index in [2.05, 4.69) is 73.2 Å². The number of piperidine rings is 1. The fourth-order valence-corrected chi connectivity index (χ4v) is 3.61. The summed E-state index contributed by atoms with van der Waals surface area (Å²) in [4.78, 5) is 0. The van der Waals surface area contributed by atoms with E-state index in [0.717, 1.165) is 59.0 Å². The highest BCUT2D eigenvalue weighted by atomic mass is 15.1. The summed E-state index contributed by atoms with van der Waals surface area (Å²) in [6.45, 7) is 23.8. The lowest BCUT2D eigenvalue weighted by atomic mass is 10.0. The molecule has 1 fully saturated rings. The Labute approximate surface area is 149 Å². The Kier molecular flexibility index (Phi) is 4.58. The van der Waals surface area contributed by atoms with Crippen LogP contribution >= 0.6 is 0 Å². The number of allylic oxidation sites excluding steroid dienone is 3. The first-order valence-electron chi connectivity index (χ1n) is 8.79. The molecule has 0 saturated carbocycles. The van der Waals surface area contributed by atoms with Gasteiger partial charge in [-0.1, -0.05) is 58.0 Å². The third-order valence-electron chi connectivity index (χ3n) is 5.06. The molecule has 1 aromatic heterocycles. The number of hydrogen-bond donors (Lipinski definition) is 2. The Morgan fingerprint density at radius 2 is 2.00 bits per heavy atom. The molecule has 1 unspecified atom stereocenters. The van der Waals surface area contributed by atoms with E-state index >= 15 is 0 Å². The van der Waals surface area contributed by atoms with Crippen LogP contribution in [-0.2, 0) is 6.54 Å². The van der Waals surface area contributed by atoms with E-state index in [0.29, 0.717) is 0 Å². The maximum Gasteiger partial charge on any atom is 0.0738 e. The average Bonchev–Trinajstić information content (AvgIpc) is 2.85. The molecule has 1 saturated heterocycles. The van der Waals surface area contributed by atoms with Crippen LogP contribution < -0.4 is 21.3 Å². The molecule has 3 rings (SSSR count). The van der Waals surface area contributed by atoms with Crippen LogP contribution in [0.2, 0.25) is 0 Å². The van der Waals surface area contributed by atoms with Crippen LogP contribution in [0.15, 0.2) is 55.0 Å². The van der Waals surface area contributed by atoms with Crippen LogP contribution in [0, 0.1) is 0 Å². The van der Waals surface area contributed by atoms with Gasteiger partial charge in [-0.3, -0.25) is 0 Å². The summed E-state index contributed by atoms with van der Waals surface area (Å²) in [6, 6.07) is 6.51. The molecule has 3 nitrogen and oxygen atoms in total. The standard InChI is InChI=1S/C22H27N3/c1-7-14(2)23-13-19-9-8-10-20-17(5)25(18(6)22(19)20)21-12-11-15(3)24-16(21)4/h8-10,21,23-24H,2-7,11-13H2,1H3. The minimum Gasteiger partial charge on any atom is -0.385 e. The highest BCUT2D eigenvalue weighted by Gasteiger charge is 2.23. The predicted octanol–water partition coefficient (Wildman–Crippen LogP) is 3.43. The summed E-state index contributed by atoms with van der Waals surface area (Å²) < 4.78 is 2.23. The second-order valence-electron chi connectivity index (χ2n) is 6.72. The van der Waals surface area contributed by atoms with Crippen molar-refractivity contribution >= 4 is 23.9 Å². The van der Waals surface area contributed by atoms with Crippen LogP contribution in [0.25, 0.3) is 23.9 Å². The van der Waals surface area contributed by atoms with Crippen molar-refractivity contribution in [2.45, 2.75) is 38.8 Å². The Bertz CT molecular complexity index is 961. The molecule has 1 aliphatic heterocycles. The molecule has 130 valence electrons. The maximum absolute atomic E-state index is 4.39. The zero-order valence-electron chi connectivity index (χ0n) is 15.1. The molecule has 0 aliphatic carbocycles. The first-order chi connectivity index (χ1) is 11.9. The number of fused-ring (bicyclic) bond motifs is 1. The van der Waals surface area contributed by atoms with Gasteiger partial charge >= 0.3 is 0 Å². The molecule has 0 radical (unpaired) electrons. The van der Waals surface area contributed by atoms with Crippen molar-refractivity contribution in [2.75, 3.05) is 0 Å². The highest BCUT2D eigenvalue weighted by Crippen LogP contribution is 2.26. The van der Waals surface area contributed by atoms with Gasteiger partial charge in [0.1, 0.15) is 0 Å². The van der Waals surface area contributed by atoms with Crippen LogP contribution in [0.5, 0.6) is 0 Å². The fraction of sp³-hybridized carbons (Fsp3) is 0.273. The van der Waals surface area contributed by atoms with E-state index in [-0.39, 0.29) is 6.04 Å². The van der Waals surface area contributed by atoms with Crippen molar-refractivity contribution in [2.24, 2.45) is 0 Å². The lowest BCUT2D eigenvalue weighted by Gasteiger charge is -2.29. The van der Waals surface area contributed by atoms with Crippen molar-refractivity contribution in [3.63, 3.8) is 0 Å². The first-order valence-corrected chi connectivity index (χ1v) is 8.79. The lowest BCUT2D eigenvalue weighted by molar-refractivity contribution is 0.458. The van der Waals surface area contributed by atoms with E-state index < -0.39 is 0 Å². The van der Waals surface area contributed by atoms with Gasteiger partial charge in [-0.2, -0.15) is 0 Å². The highest BCUT2D eigenvalue weighted by molar-refractivity contribution is 5.87. The number of benzene rings is 1. The zero-order chi connectivity index (χ0) is 18.1. The second kappa shape index (κ2) is 6.67. The van der Waals surface area contributed by atoms with Crippen LogP contribution in [0.3, 0.4) is 0 Å². The number of nitrogens with zero attached hydrogens (tertiary/aromatic N) is 1. The third-order valence-corrected chi connectivity index (χ3v) is 5.06. The van der Waals surface area contributed by atoms with Gasteiger partial charge in [0, 0.05) is 45.1 Å². The van der Waals surface area contributed by atoms with Gasteiger partial charge < -0.3 is 15.2 Å². The Hall–Kier alpha value is -2.68. The smallest absolute Gasteiger partial charge is 0.0738 e.